The molecule has 0 radical (unpaired) electrons. The lowest BCUT2D eigenvalue weighted by atomic mass is 10.1. The lowest BCUT2D eigenvalue weighted by Crippen LogP contribution is -2.36. The fraction of sp³-hybridized carbons (Fsp3) is 0.538. The Morgan fingerprint density at radius 1 is 1.18 bits per heavy atom. The van der Waals surface area contributed by atoms with Gasteiger partial charge in [-0.15, -0.1) is 0 Å². The number of methoxy groups -OCH3 is 2. The first-order valence-corrected chi connectivity index (χ1v) is 5.70. The summed E-state index contributed by atoms with van der Waals surface area (Å²) in [5.74, 6) is 0. The number of benzene rings is 1. The second kappa shape index (κ2) is 8.20. The van der Waals surface area contributed by atoms with E-state index >= 15 is 0 Å². The van der Waals surface area contributed by atoms with Crippen LogP contribution in [-0.4, -0.2) is 38.6 Å². The first kappa shape index (κ1) is 14.1. The van der Waals surface area contributed by atoms with Gasteiger partial charge in [0, 0.05) is 20.8 Å². The molecule has 1 aromatic rings. The Bertz CT molecular complexity index is 317. The maximum Gasteiger partial charge on any atom is 0.0716 e. The number of hydrogen-bond donors (Lipinski definition) is 2. The molecule has 0 amide bonds. The zero-order valence-electron chi connectivity index (χ0n) is 10.5. The van der Waals surface area contributed by atoms with E-state index in [1.54, 1.807) is 14.2 Å². The third kappa shape index (κ3) is 4.83. The predicted molar refractivity (Wildman–Crippen MR) is 66.7 cm³/mol. The van der Waals surface area contributed by atoms with Crippen LogP contribution in [0.25, 0.3) is 0 Å². The van der Waals surface area contributed by atoms with Gasteiger partial charge >= 0.3 is 0 Å². The summed E-state index contributed by atoms with van der Waals surface area (Å²) in [4.78, 5) is 0. The van der Waals surface area contributed by atoms with E-state index in [1.807, 2.05) is 18.2 Å². The average molecular weight is 239 g/mol. The van der Waals surface area contributed by atoms with Crippen molar-refractivity contribution in [3.05, 3.63) is 35.4 Å². The maximum absolute atomic E-state index is 9.14. The molecule has 0 aliphatic heterocycles. The van der Waals surface area contributed by atoms with Gasteiger partial charge in [-0.1, -0.05) is 24.3 Å². The lowest BCUT2D eigenvalue weighted by molar-refractivity contribution is 0.127. The van der Waals surface area contributed by atoms with Gasteiger partial charge in [-0.3, -0.25) is 0 Å². The van der Waals surface area contributed by atoms with E-state index < -0.39 is 0 Å². The molecule has 0 aliphatic carbocycles. The van der Waals surface area contributed by atoms with Crippen molar-refractivity contribution < 1.29 is 14.6 Å². The molecule has 4 nitrogen and oxygen atoms in total. The van der Waals surface area contributed by atoms with Crippen molar-refractivity contribution in [2.24, 2.45) is 0 Å². The van der Waals surface area contributed by atoms with E-state index in [0.29, 0.717) is 19.8 Å². The molecule has 1 unspecified atom stereocenters. The molecule has 96 valence electrons. The molecular weight excluding hydrogens is 218 g/mol. The van der Waals surface area contributed by atoms with Crippen molar-refractivity contribution in [3.8, 4) is 0 Å². The zero-order valence-corrected chi connectivity index (χ0v) is 10.5. The van der Waals surface area contributed by atoms with Crippen molar-refractivity contribution in [1.82, 2.24) is 5.32 Å². The van der Waals surface area contributed by atoms with Crippen LogP contribution in [0.2, 0.25) is 0 Å². The minimum atomic E-state index is -0.0319. The highest BCUT2D eigenvalue weighted by Crippen LogP contribution is 2.09. The molecule has 0 bridgehead atoms. The fourth-order valence-electron chi connectivity index (χ4n) is 1.66. The summed E-state index contributed by atoms with van der Waals surface area (Å²) in [5.41, 5.74) is 2.35. The Morgan fingerprint density at radius 2 is 1.88 bits per heavy atom. The summed E-state index contributed by atoms with van der Waals surface area (Å²) in [5, 5.41) is 12.4. The summed E-state index contributed by atoms with van der Waals surface area (Å²) >= 11 is 0. The fourth-order valence-corrected chi connectivity index (χ4v) is 1.66. The topological polar surface area (TPSA) is 50.7 Å². The van der Waals surface area contributed by atoms with Crippen LogP contribution in [0.5, 0.6) is 0 Å². The molecule has 1 atom stereocenters. The van der Waals surface area contributed by atoms with E-state index in [2.05, 4.69) is 11.4 Å². The van der Waals surface area contributed by atoms with Gasteiger partial charge < -0.3 is 19.9 Å². The van der Waals surface area contributed by atoms with Crippen LogP contribution in [0.1, 0.15) is 11.1 Å². The van der Waals surface area contributed by atoms with E-state index in [0.717, 1.165) is 5.56 Å². The van der Waals surface area contributed by atoms with Crippen molar-refractivity contribution in [2.45, 2.75) is 19.2 Å². The van der Waals surface area contributed by atoms with Crippen molar-refractivity contribution in [2.75, 3.05) is 27.4 Å². The average Bonchev–Trinajstić information content (AvgIpc) is 2.36. The minimum absolute atomic E-state index is 0.0319. The van der Waals surface area contributed by atoms with Crippen molar-refractivity contribution in [3.63, 3.8) is 0 Å². The Hall–Kier alpha value is -0.940. The highest BCUT2D eigenvalue weighted by Gasteiger charge is 2.07. The standard InChI is InChI=1S/C13H21NO3/c1-16-9-12-6-4-3-5-11(12)7-14-13(8-15)10-17-2/h3-6,13-15H,7-10H2,1-2H3. The monoisotopic (exact) mass is 239 g/mol. The number of nitrogens with one attached hydrogen (secondary N) is 1. The van der Waals surface area contributed by atoms with Gasteiger partial charge in [0.2, 0.25) is 0 Å². The number of ether oxygens (including phenoxy) is 2. The van der Waals surface area contributed by atoms with Gasteiger partial charge in [-0.05, 0) is 11.1 Å². The van der Waals surface area contributed by atoms with Gasteiger partial charge in [0.25, 0.3) is 0 Å². The number of aliphatic hydroxyl groups is 1. The smallest absolute Gasteiger partial charge is 0.0716 e. The molecular formula is C13H21NO3. The molecule has 0 fully saturated rings. The molecule has 0 aromatic heterocycles. The van der Waals surface area contributed by atoms with Crippen LogP contribution < -0.4 is 5.32 Å². The van der Waals surface area contributed by atoms with E-state index in [1.165, 1.54) is 5.56 Å². The molecule has 1 aromatic carbocycles. The van der Waals surface area contributed by atoms with Gasteiger partial charge in [0.05, 0.1) is 25.9 Å². The van der Waals surface area contributed by atoms with Crippen LogP contribution in [0.15, 0.2) is 24.3 Å². The highest BCUT2D eigenvalue weighted by atomic mass is 16.5. The molecule has 0 saturated carbocycles. The molecule has 0 aliphatic rings. The lowest BCUT2D eigenvalue weighted by Gasteiger charge is -2.16. The molecule has 2 N–H and O–H groups in total. The summed E-state index contributed by atoms with van der Waals surface area (Å²) in [6.07, 6.45) is 0. The van der Waals surface area contributed by atoms with Crippen LogP contribution in [0.4, 0.5) is 0 Å². The quantitative estimate of drug-likeness (QED) is 0.708. The van der Waals surface area contributed by atoms with E-state index in [9.17, 15) is 0 Å². The number of rotatable bonds is 8. The Labute approximate surface area is 103 Å². The maximum atomic E-state index is 9.14. The third-order valence-electron chi connectivity index (χ3n) is 2.59. The van der Waals surface area contributed by atoms with E-state index in [-0.39, 0.29) is 12.6 Å². The molecule has 1 rings (SSSR count). The highest BCUT2D eigenvalue weighted by molar-refractivity contribution is 5.26. The third-order valence-corrected chi connectivity index (χ3v) is 2.59. The van der Waals surface area contributed by atoms with Crippen LogP contribution in [0.3, 0.4) is 0 Å². The van der Waals surface area contributed by atoms with E-state index in [4.69, 9.17) is 14.6 Å². The van der Waals surface area contributed by atoms with Gasteiger partial charge in [-0.2, -0.15) is 0 Å². The molecule has 0 saturated heterocycles. The molecule has 4 heteroatoms. The minimum Gasteiger partial charge on any atom is -0.395 e. The normalized spacial score (nSPS) is 12.6. The first-order valence-electron chi connectivity index (χ1n) is 5.70. The second-order valence-electron chi connectivity index (χ2n) is 3.92. The Morgan fingerprint density at radius 3 is 2.47 bits per heavy atom. The largest absolute Gasteiger partial charge is 0.395 e. The summed E-state index contributed by atoms with van der Waals surface area (Å²) in [6.45, 7) is 1.88. The number of hydrogen-bond acceptors (Lipinski definition) is 4. The van der Waals surface area contributed by atoms with Gasteiger partial charge in [0.15, 0.2) is 0 Å². The van der Waals surface area contributed by atoms with Gasteiger partial charge in [-0.25, -0.2) is 0 Å². The van der Waals surface area contributed by atoms with Crippen molar-refractivity contribution in [1.29, 1.82) is 0 Å². The summed E-state index contributed by atoms with van der Waals surface area (Å²) in [7, 11) is 3.31. The first-order chi connectivity index (χ1) is 8.31. The molecule has 0 heterocycles. The molecule has 0 spiro atoms. The SMILES string of the molecule is COCc1ccccc1CNC(CO)COC. The van der Waals surface area contributed by atoms with Crippen molar-refractivity contribution >= 4 is 0 Å². The zero-order chi connectivity index (χ0) is 12.5. The van der Waals surface area contributed by atoms with Gasteiger partial charge in [0.1, 0.15) is 0 Å². The van der Waals surface area contributed by atoms with Crippen LogP contribution in [-0.2, 0) is 22.6 Å². The summed E-state index contributed by atoms with van der Waals surface area (Å²) in [6, 6.07) is 8.07. The Balaban J connectivity index is 2.55. The Kier molecular flexibility index (Phi) is 6.81. The molecule has 17 heavy (non-hydrogen) atoms. The summed E-state index contributed by atoms with van der Waals surface area (Å²) < 4.78 is 10.2. The second-order valence-corrected chi connectivity index (χ2v) is 3.92. The van der Waals surface area contributed by atoms with Crippen LogP contribution in [0, 0.1) is 0 Å². The number of aliphatic hydroxyl groups excluding tert-OH is 1. The van der Waals surface area contributed by atoms with Crippen LogP contribution >= 0.6 is 0 Å². The predicted octanol–water partition coefficient (Wildman–Crippen LogP) is 0.930.